The smallest absolute Gasteiger partial charge is 0.125 e. The number of ether oxygens (including phenoxy) is 1. The van der Waals surface area contributed by atoms with E-state index in [2.05, 4.69) is 23.1 Å². The SMILES string of the molecule is O[C@H](CN1CCC2(CC1)C[C@H](O)c1ccccc1O2)c1ccc2c(c1)CCC2. The molecule has 2 aromatic rings. The fraction of sp³-hybridized carbons (Fsp3) is 0.500. The number of hydrogen-bond acceptors (Lipinski definition) is 4. The van der Waals surface area contributed by atoms with Crippen molar-refractivity contribution in [2.75, 3.05) is 19.6 Å². The Balaban J connectivity index is 1.22. The summed E-state index contributed by atoms with van der Waals surface area (Å²) in [5, 5.41) is 21.3. The van der Waals surface area contributed by atoms with Crippen LogP contribution in [0.1, 0.15) is 60.1 Å². The van der Waals surface area contributed by atoms with Crippen molar-refractivity contribution in [3.05, 3.63) is 64.7 Å². The summed E-state index contributed by atoms with van der Waals surface area (Å²) in [5.41, 5.74) is 4.53. The standard InChI is InChI=1S/C24H29NO3/c26-21-15-24(28-23-7-2-1-6-20(21)23)10-12-25(13-11-24)16-22(27)19-9-8-17-4-3-5-18(17)14-19/h1-2,6-9,14,21-22,26-27H,3-5,10-13,15-16H2/t21-,22+/m0/s1. The number of rotatable bonds is 3. The quantitative estimate of drug-likeness (QED) is 0.856. The predicted octanol–water partition coefficient (Wildman–Crippen LogP) is 3.56. The molecule has 3 aliphatic rings. The van der Waals surface area contributed by atoms with E-state index in [1.54, 1.807) is 0 Å². The Hall–Kier alpha value is -1.88. The molecule has 28 heavy (non-hydrogen) atoms. The van der Waals surface area contributed by atoms with Crippen LogP contribution in [0.5, 0.6) is 5.75 Å². The van der Waals surface area contributed by atoms with E-state index in [4.69, 9.17) is 4.74 Å². The first-order chi connectivity index (χ1) is 13.6. The van der Waals surface area contributed by atoms with Gasteiger partial charge in [-0.25, -0.2) is 0 Å². The van der Waals surface area contributed by atoms with E-state index in [-0.39, 0.29) is 5.60 Å². The van der Waals surface area contributed by atoms with Gasteiger partial charge in [-0.05, 0) is 54.9 Å². The molecule has 5 rings (SSSR count). The number of nitrogens with zero attached hydrogens (tertiary/aromatic N) is 1. The van der Waals surface area contributed by atoms with Crippen LogP contribution in [0.3, 0.4) is 0 Å². The summed E-state index contributed by atoms with van der Waals surface area (Å²) in [6.45, 7) is 2.43. The molecular weight excluding hydrogens is 350 g/mol. The Kier molecular flexibility index (Phi) is 4.66. The van der Waals surface area contributed by atoms with E-state index in [1.807, 2.05) is 24.3 Å². The molecule has 2 atom stereocenters. The zero-order valence-corrected chi connectivity index (χ0v) is 16.3. The van der Waals surface area contributed by atoms with E-state index >= 15 is 0 Å². The molecule has 1 fully saturated rings. The summed E-state index contributed by atoms with van der Waals surface area (Å²) in [6, 6.07) is 14.3. The van der Waals surface area contributed by atoms with Crippen LogP contribution in [-0.4, -0.2) is 40.3 Å². The summed E-state index contributed by atoms with van der Waals surface area (Å²) in [6.07, 6.45) is 5.08. The van der Waals surface area contributed by atoms with Crippen molar-refractivity contribution in [2.45, 2.75) is 56.3 Å². The monoisotopic (exact) mass is 379 g/mol. The average Bonchev–Trinajstić information content (AvgIpc) is 3.18. The van der Waals surface area contributed by atoms with Gasteiger partial charge < -0.3 is 19.8 Å². The van der Waals surface area contributed by atoms with Gasteiger partial charge >= 0.3 is 0 Å². The lowest BCUT2D eigenvalue weighted by molar-refractivity contribution is -0.0587. The molecular formula is C24H29NO3. The Labute approximate surface area is 166 Å². The van der Waals surface area contributed by atoms with Gasteiger partial charge in [0.25, 0.3) is 0 Å². The number of piperidine rings is 1. The van der Waals surface area contributed by atoms with Gasteiger partial charge in [-0.2, -0.15) is 0 Å². The first kappa shape index (κ1) is 18.2. The van der Waals surface area contributed by atoms with Gasteiger partial charge in [0.1, 0.15) is 11.4 Å². The first-order valence-electron chi connectivity index (χ1n) is 10.6. The molecule has 0 unspecified atom stereocenters. The molecule has 0 aromatic heterocycles. The van der Waals surface area contributed by atoms with Crippen LogP contribution >= 0.6 is 0 Å². The summed E-state index contributed by atoms with van der Waals surface area (Å²) in [5.74, 6) is 0.827. The zero-order chi connectivity index (χ0) is 19.1. The Morgan fingerprint density at radius 3 is 2.71 bits per heavy atom. The summed E-state index contributed by atoms with van der Waals surface area (Å²) < 4.78 is 6.37. The number of β-amino-alcohol motifs (C(OH)–C–C–N with tert-alkyl or cyclic N) is 1. The normalized spacial score (nSPS) is 24.4. The number of hydrogen-bond donors (Lipinski definition) is 2. The number of likely N-dealkylation sites (tertiary alicyclic amines) is 1. The number of aryl methyl sites for hydroxylation is 2. The number of aliphatic hydroxyl groups is 2. The molecule has 0 amide bonds. The maximum atomic E-state index is 10.8. The van der Waals surface area contributed by atoms with E-state index in [0.29, 0.717) is 13.0 Å². The van der Waals surface area contributed by atoms with E-state index < -0.39 is 12.2 Å². The maximum absolute atomic E-state index is 10.8. The number of benzene rings is 2. The molecule has 0 bridgehead atoms. The van der Waals surface area contributed by atoms with Crippen LogP contribution in [0.2, 0.25) is 0 Å². The van der Waals surface area contributed by atoms with Gasteiger partial charge in [0, 0.05) is 31.6 Å². The number of fused-ring (bicyclic) bond motifs is 2. The highest BCUT2D eigenvalue weighted by Crippen LogP contribution is 2.44. The maximum Gasteiger partial charge on any atom is 0.125 e. The van der Waals surface area contributed by atoms with Crippen LogP contribution < -0.4 is 4.74 Å². The third-order valence-corrected chi connectivity index (χ3v) is 6.88. The minimum Gasteiger partial charge on any atom is -0.487 e. The van der Waals surface area contributed by atoms with Crippen molar-refractivity contribution < 1.29 is 14.9 Å². The number of aliphatic hydroxyl groups excluding tert-OH is 2. The highest BCUT2D eigenvalue weighted by Gasteiger charge is 2.42. The second-order valence-electron chi connectivity index (χ2n) is 8.74. The van der Waals surface area contributed by atoms with Gasteiger partial charge in [0.15, 0.2) is 0 Å². The lowest BCUT2D eigenvalue weighted by Gasteiger charge is -2.46. The summed E-state index contributed by atoms with van der Waals surface area (Å²) in [7, 11) is 0. The molecule has 0 saturated carbocycles. The molecule has 2 heterocycles. The van der Waals surface area contributed by atoms with E-state index in [9.17, 15) is 10.2 Å². The predicted molar refractivity (Wildman–Crippen MR) is 108 cm³/mol. The zero-order valence-electron chi connectivity index (χ0n) is 16.3. The highest BCUT2D eigenvalue weighted by atomic mass is 16.5. The molecule has 4 heteroatoms. The van der Waals surface area contributed by atoms with Crippen molar-refractivity contribution in [2.24, 2.45) is 0 Å². The third-order valence-electron chi connectivity index (χ3n) is 6.88. The minimum atomic E-state index is -0.450. The molecule has 148 valence electrons. The Morgan fingerprint density at radius 1 is 1.07 bits per heavy atom. The lowest BCUT2D eigenvalue weighted by atomic mass is 9.81. The number of para-hydroxylation sites is 1. The van der Waals surface area contributed by atoms with Crippen molar-refractivity contribution in [3.8, 4) is 5.75 Å². The fourth-order valence-electron chi connectivity index (χ4n) is 5.18. The second kappa shape index (κ2) is 7.18. The molecule has 2 aromatic carbocycles. The molecule has 1 saturated heterocycles. The molecule has 4 nitrogen and oxygen atoms in total. The van der Waals surface area contributed by atoms with Crippen molar-refractivity contribution in [1.82, 2.24) is 4.90 Å². The van der Waals surface area contributed by atoms with Crippen LogP contribution in [0.4, 0.5) is 0 Å². The van der Waals surface area contributed by atoms with Gasteiger partial charge in [-0.15, -0.1) is 0 Å². The second-order valence-corrected chi connectivity index (χ2v) is 8.74. The lowest BCUT2D eigenvalue weighted by Crippen LogP contribution is -2.51. The third kappa shape index (κ3) is 3.34. The molecule has 2 aliphatic heterocycles. The van der Waals surface area contributed by atoms with Crippen molar-refractivity contribution in [3.63, 3.8) is 0 Å². The Morgan fingerprint density at radius 2 is 1.86 bits per heavy atom. The average molecular weight is 380 g/mol. The molecule has 1 spiro atoms. The van der Waals surface area contributed by atoms with Gasteiger partial charge in [0.2, 0.25) is 0 Å². The van der Waals surface area contributed by atoms with Crippen LogP contribution in [0, 0.1) is 0 Å². The van der Waals surface area contributed by atoms with Crippen molar-refractivity contribution in [1.29, 1.82) is 0 Å². The highest BCUT2D eigenvalue weighted by molar-refractivity contribution is 5.38. The summed E-state index contributed by atoms with van der Waals surface area (Å²) in [4.78, 5) is 2.33. The van der Waals surface area contributed by atoms with Crippen LogP contribution in [0.15, 0.2) is 42.5 Å². The van der Waals surface area contributed by atoms with Gasteiger partial charge in [-0.3, -0.25) is 0 Å². The first-order valence-corrected chi connectivity index (χ1v) is 10.6. The van der Waals surface area contributed by atoms with Crippen LogP contribution in [-0.2, 0) is 12.8 Å². The van der Waals surface area contributed by atoms with E-state index in [0.717, 1.165) is 49.2 Å². The minimum absolute atomic E-state index is 0.275. The molecule has 1 aliphatic carbocycles. The van der Waals surface area contributed by atoms with E-state index in [1.165, 1.54) is 24.0 Å². The summed E-state index contributed by atoms with van der Waals surface area (Å²) >= 11 is 0. The fourth-order valence-corrected chi connectivity index (χ4v) is 5.18. The van der Waals surface area contributed by atoms with Crippen LogP contribution in [0.25, 0.3) is 0 Å². The topological polar surface area (TPSA) is 52.9 Å². The van der Waals surface area contributed by atoms with Gasteiger partial charge in [-0.1, -0.05) is 36.4 Å². The largest absolute Gasteiger partial charge is 0.487 e. The van der Waals surface area contributed by atoms with Crippen molar-refractivity contribution >= 4 is 0 Å². The van der Waals surface area contributed by atoms with Gasteiger partial charge in [0.05, 0.1) is 12.2 Å². The molecule has 0 radical (unpaired) electrons. The molecule has 2 N–H and O–H groups in total. The Bertz CT molecular complexity index is 857.